The van der Waals surface area contributed by atoms with Gasteiger partial charge in [0.1, 0.15) is 11.5 Å². The molecule has 1 aromatic heterocycles. The smallest absolute Gasteiger partial charge is 0.241 e. The second kappa shape index (κ2) is 11.5. The topological polar surface area (TPSA) is 54.9 Å². The third kappa shape index (κ3) is 5.40. The summed E-state index contributed by atoms with van der Waals surface area (Å²) in [6, 6.07) is 21.7. The standard InChI is InChI=1S/C28H26BrN3O3S.ClH/c29-19-10-11-22-25(18-19)36-28(30-22)32(13-5-12-31-14-16-34-17-15-31)27(33)26-20-6-1-3-8-23(20)35-24-9-4-2-7-21(24)26;/h1-4,6-11,18,26H,5,12-17H2;1H. The predicted octanol–water partition coefficient (Wildman–Crippen LogP) is 6.47. The first kappa shape index (κ1) is 26.1. The van der Waals surface area contributed by atoms with Crippen molar-refractivity contribution in [3.8, 4) is 11.5 Å². The van der Waals surface area contributed by atoms with E-state index in [2.05, 4.69) is 26.9 Å². The van der Waals surface area contributed by atoms with Gasteiger partial charge < -0.3 is 9.47 Å². The molecule has 1 amide bonds. The Hall–Kier alpha value is -2.49. The second-order valence-electron chi connectivity index (χ2n) is 9.02. The Balaban J connectivity index is 0.00000280. The molecule has 0 bridgehead atoms. The van der Waals surface area contributed by atoms with Crippen LogP contribution in [0.2, 0.25) is 0 Å². The van der Waals surface area contributed by atoms with E-state index in [-0.39, 0.29) is 18.3 Å². The number of ether oxygens (including phenoxy) is 2. The van der Waals surface area contributed by atoms with Crippen molar-refractivity contribution in [1.29, 1.82) is 0 Å². The van der Waals surface area contributed by atoms with Gasteiger partial charge in [0.25, 0.3) is 0 Å². The summed E-state index contributed by atoms with van der Waals surface area (Å²) >= 11 is 5.12. The van der Waals surface area contributed by atoms with Crippen LogP contribution in [0.25, 0.3) is 10.2 Å². The van der Waals surface area contributed by atoms with Crippen LogP contribution in [-0.4, -0.2) is 55.2 Å². The van der Waals surface area contributed by atoms with Crippen LogP contribution < -0.4 is 9.64 Å². The van der Waals surface area contributed by atoms with E-state index in [1.807, 2.05) is 65.6 Å². The van der Waals surface area contributed by atoms with E-state index in [1.165, 1.54) is 0 Å². The molecule has 0 radical (unpaired) electrons. The summed E-state index contributed by atoms with van der Waals surface area (Å²) in [6.45, 7) is 4.92. The molecule has 3 heterocycles. The average molecular weight is 601 g/mol. The molecule has 0 N–H and O–H groups in total. The van der Waals surface area contributed by atoms with E-state index in [4.69, 9.17) is 14.5 Å². The zero-order valence-corrected chi connectivity index (χ0v) is 23.4. The number of carbonyl (C=O) groups excluding carboxylic acids is 1. The number of amides is 1. The maximum absolute atomic E-state index is 14.4. The number of para-hydroxylation sites is 2. The van der Waals surface area contributed by atoms with E-state index < -0.39 is 5.92 Å². The van der Waals surface area contributed by atoms with Crippen LogP contribution in [0.5, 0.6) is 11.5 Å². The first-order valence-corrected chi connectivity index (χ1v) is 13.8. The fourth-order valence-corrected chi connectivity index (χ4v) is 6.46. The van der Waals surface area contributed by atoms with Gasteiger partial charge in [0.05, 0.1) is 29.3 Å². The number of anilines is 1. The molecule has 2 aliphatic heterocycles. The molecule has 0 unspecified atom stereocenters. The van der Waals surface area contributed by atoms with Gasteiger partial charge in [-0.15, -0.1) is 12.4 Å². The SMILES string of the molecule is Cl.O=C(C1c2ccccc2Oc2ccccc21)N(CCCN1CCOCC1)c1nc2ccc(Br)cc2s1. The van der Waals surface area contributed by atoms with Crippen molar-refractivity contribution >= 4 is 60.9 Å². The summed E-state index contributed by atoms with van der Waals surface area (Å²) in [4.78, 5) is 23.6. The number of rotatable bonds is 6. The van der Waals surface area contributed by atoms with Crippen LogP contribution in [0.3, 0.4) is 0 Å². The van der Waals surface area contributed by atoms with Gasteiger partial charge in [-0.05, 0) is 36.8 Å². The maximum Gasteiger partial charge on any atom is 0.241 e. The molecule has 4 aromatic rings. The van der Waals surface area contributed by atoms with Crippen LogP contribution in [0, 0.1) is 0 Å². The number of fused-ring (bicyclic) bond motifs is 3. The largest absolute Gasteiger partial charge is 0.457 e. The van der Waals surface area contributed by atoms with Crippen LogP contribution in [0.4, 0.5) is 5.13 Å². The average Bonchev–Trinajstić information content (AvgIpc) is 3.32. The van der Waals surface area contributed by atoms with E-state index in [1.54, 1.807) is 11.3 Å². The Kier molecular flexibility index (Phi) is 8.12. The molecule has 37 heavy (non-hydrogen) atoms. The van der Waals surface area contributed by atoms with Gasteiger partial charge in [-0.1, -0.05) is 63.7 Å². The number of morpholine rings is 1. The summed E-state index contributed by atoms with van der Waals surface area (Å²) < 4.78 is 13.7. The summed E-state index contributed by atoms with van der Waals surface area (Å²) in [6.07, 6.45) is 0.859. The Morgan fingerprint density at radius 3 is 2.41 bits per heavy atom. The van der Waals surface area contributed by atoms with Gasteiger partial charge in [-0.25, -0.2) is 4.98 Å². The number of hydrogen-bond donors (Lipinski definition) is 0. The number of aromatic nitrogens is 1. The van der Waals surface area contributed by atoms with E-state index >= 15 is 0 Å². The highest BCUT2D eigenvalue weighted by Crippen LogP contribution is 2.45. The third-order valence-electron chi connectivity index (χ3n) is 6.72. The molecule has 0 spiro atoms. The molecule has 3 aromatic carbocycles. The molecule has 9 heteroatoms. The number of nitrogens with zero attached hydrogens (tertiary/aromatic N) is 3. The van der Waals surface area contributed by atoms with Gasteiger partial charge in [0.2, 0.25) is 5.91 Å². The highest BCUT2D eigenvalue weighted by Gasteiger charge is 2.36. The minimum Gasteiger partial charge on any atom is -0.457 e. The molecule has 2 aliphatic rings. The minimum absolute atomic E-state index is 0. The summed E-state index contributed by atoms with van der Waals surface area (Å²) in [5.41, 5.74) is 2.68. The molecule has 6 rings (SSSR count). The fourth-order valence-electron chi connectivity index (χ4n) is 4.91. The van der Waals surface area contributed by atoms with Gasteiger partial charge in [0.15, 0.2) is 5.13 Å². The molecule has 0 atom stereocenters. The number of hydrogen-bond acceptors (Lipinski definition) is 6. The first-order valence-electron chi connectivity index (χ1n) is 12.2. The lowest BCUT2D eigenvalue weighted by Crippen LogP contribution is -2.40. The van der Waals surface area contributed by atoms with Crippen LogP contribution >= 0.6 is 39.7 Å². The van der Waals surface area contributed by atoms with Gasteiger partial charge in [-0.3, -0.25) is 14.6 Å². The fraction of sp³-hybridized carbons (Fsp3) is 0.286. The summed E-state index contributed by atoms with van der Waals surface area (Å²) in [7, 11) is 0. The zero-order valence-electron chi connectivity index (χ0n) is 20.1. The molecule has 0 aliphatic carbocycles. The molecular formula is C28H27BrClN3O3S. The Morgan fingerprint density at radius 1 is 1.03 bits per heavy atom. The number of benzene rings is 3. The monoisotopic (exact) mass is 599 g/mol. The van der Waals surface area contributed by atoms with Crippen molar-refractivity contribution < 1.29 is 14.3 Å². The Morgan fingerprint density at radius 2 is 1.70 bits per heavy atom. The molecule has 6 nitrogen and oxygen atoms in total. The van der Waals surface area contributed by atoms with Crippen LogP contribution in [-0.2, 0) is 9.53 Å². The number of carbonyl (C=O) groups is 1. The van der Waals surface area contributed by atoms with Crippen molar-refractivity contribution in [2.75, 3.05) is 44.3 Å². The van der Waals surface area contributed by atoms with Crippen molar-refractivity contribution in [3.05, 3.63) is 82.3 Å². The maximum atomic E-state index is 14.4. The normalized spacial score (nSPS) is 15.4. The lowest BCUT2D eigenvalue weighted by Gasteiger charge is -2.32. The predicted molar refractivity (Wildman–Crippen MR) is 154 cm³/mol. The summed E-state index contributed by atoms with van der Waals surface area (Å²) in [5, 5.41) is 0.733. The lowest BCUT2D eigenvalue weighted by molar-refractivity contribution is -0.119. The third-order valence-corrected chi connectivity index (χ3v) is 8.26. The van der Waals surface area contributed by atoms with Crippen molar-refractivity contribution in [3.63, 3.8) is 0 Å². The minimum atomic E-state index is -0.451. The number of thiazole rings is 1. The van der Waals surface area contributed by atoms with Crippen LogP contribution in [0.15, 0.2) is 71.2 Å². The number of halogens is 2. The van der Waals surface area contributed by atoms with Crippen molar-refractivity contribution in [2.24, 2.45) is 0 Å². The van der Waals surface area contributed by atoms with E-state index in [0.29, 0.717) is 6.54 Å². The quantitative estimate of drug-likeness (QED) is 0.254. The Labute approximate surface area is 234 Å². The first-order chi connectivity index (χ1) is 17.7. The van der Waals surface area contributed by atoms with Gasteiger partial charge in [0, 0.05) is 41.8 Å². The Bertz CT molecular complexity index is 1360. The van der Waals surface area contributed by atoms with Gasteiger partial charge >= 0.3 is 0 Å². The highest BCUT2D eigenvalue weighted by molar-refractivity contribution is 9.10. The van der Waals surface area contributed by atoms with Crippen LogP contribution in [0.1, 0.15) is 23.5 Å². The van der Waals surface area contributed by atoms with E-state index in [9.17, 15) is 4.79 Å². The van der Waals surface area contributed by atoms with Gasteiger partial charge in [-0.2, -0.15) is 0 Å². The zero-order chi connectivity index (χ0) is 24.5. The molecule has 0 saturated carbocycles. The lowest BCUT2D eigenvalue weighted by atomic mass is 9.87. The summed E-state index contributed by atoms with van der Waals surface area (Å²) in [5.74, 6) is 1.04. The van der Waals surface area contributed by atoms with Crippen molar-refractivity contribution in [1.82, 2.24) is 9.88 Å². The molecular weight excluding hydrogens is 574 g/mol. The molecule has 1 saturated heterocycles. The van der Waals surface area contributed by atoms with Crippen molar-refractivity contribution in [2.45, 2.75) is 12.3 Å². The second-order valence-corrected chi connectivity index (χ2v) is 10.9. The van der Waals surface area contributed by atoms with E-state index in [0.717, 1.165) is 81.7 Å². The highest BCUT2D eigenvalue weighted by atomic mass is 79.9. The molecule has 192 valence electrons. The molecule has 1 fully saturated rings.